The summed E-state index contributed by atoms with van der Waals surface area (Å²) in [5.74, 6) is 0.739. The van der Waals surface area contributed by atoms with Crippen LogP contribution in [0.25, 0.3) is 0 Å². The number of aryl methyl sites for hydroxylation is 1. The maximum atomic E-state index is 8.45. The van der Waals surface area contributed by atoms with Crippen LogP contribution in [0.15, 0.2) is 12.1 Å². The van der Waals surface area contributed by atoms with Crippen LogP contribution in [-0.2, 0) is 4.74 Å². The van der Waals surface area contributed by atoms with Gasteiger partial charge >= 0.3 is 0 Å². The number of anilines is 1. The highest BCUT2D eigenvalue weighted by Crippen LogP contribution is 1.99. The van der Waals surface area contributed by atoms with Gasteiger partial charge in [0, 0.05) is 6.54 Å². The van der Waals surface area contributed by atoms with E-state index in [-0.39, 0.29) is 6.61 Å². The van der Waals surface area contributed by atoms with Crippen molar-refractivity contribution in [1.82, 2.24) is 10.2 Å². The predicted octanol–water partition coefficient (Wildman–Crippen LogP) is 0.206. The SMILES string of the molecule is Cc1ccc(NCCOCCO)nn1. The summed E-state index contributed by atoms with van der Waals surface area (Å²) in [6.07, 6.45) is 0. The molecule has 14 heavy (non-hydrogen) atoms. The summed E-state index contributed by atoms with van der Waals surface area (Å²) in [4.78, 5) is 0. The fourth-order valence-electron chi connectivity index (χ4n) is 0.911. The van der Waals surface area contributed by atoms with Gasteiger partial charge in [0.05, 0.1) is 25.5 Å². The van der Waals surface area contributed by atoms with Crippen molar-refractivity contribution >= 4 is 5.82 Å². The number of hydrogen-bond acceptors (Lipinski definition) is 5. The molecule has 0 atom stereocenters. The summed E-state index contributed by atoms with van der Waals surface area (Å²) in [5.41, 5.74) is 0.895. The summed E-state index contributed by atoms with van der Waals surface area (Å²) in [6, 6.07) is 3.76. The van der Waals surface area contributed by atoms with Gasteiger partial charge in [0.2, 0.25) is 0 Å². The topological polar surface area (TPSA) is 67.3 Å². The zero-order valence-corrected chi connectivity index (χ0v) is 8.23. The number of aliphatic hydroxyl groups excluding tert-OH is 1. The number of aliphatic hydroxyl groups is 1. The largest absolute Gasteiger partial charge is 0.394 e. The van der Waals surface area contributed by atoms with Crippen LogP contribution in [0.2, 0.25) is 0 Å². The van der Waals surface area contributed by atoms with Gasteiger partial charge in [-0.05, 0) is 19.1 Å². The van der Waals surface area contributed by atoms with Crippen LogP contribution < -0.4 is 5.32 Å². The van der Waals surface area contributed by atoms with Gasteiger partial charge in [0.15, 0.2) is 0 Å². The number of nitrogens with one attached hydrogen (secondary N) is 1. The zero-order chi connectivity index (χ0) is 10.2. The van der Waals surface area contributed by atoms with Crippen molar-refractivity contribution < 1.29 is 9.84 Å². The summed E-state index contributed by atoms with van der Waals surface area (Å²) in [7, 11) is 0. The molecule has 0 fully saturated rings. The molecule has 0 radical (unpaired) electrons. The third-order valence-electron chi connectivity index (χ3n) is 1.59. The molecule has 0 aromatic carbocycles. The highest BCUT2D eigenvalue weighted by Gasteiger charge is 1.93. The van der Waals surface area contributed by atoms with Crippen molar-refractivity contribution in [1.29, 1.82) is 0 Å². The molecule has 1 aromatic rings. The number of nitrogens with zero attached hydrogens (tertiary/aromatic N) is 2. The Balaban J connectivity index is 2.15. The Morgan fingerprint density at radius 1 is 1.36 bits per heavy atom. The molecule has 5 heteroatoms. The van der Waals surface area contributed by atoms with E-state index in [1.165, 1.54) is 0 Å². The van der Waals surface area contributed by atoms with Gasteiger partial charge in [0.1, 0.15) is 5.82 Å². The van der Waals surface area contributed by atoms with E-state index < -0.39 is 0 Å². The molecule has 78 valence electrons. The molecule has 0 saturated heterocycles. The third-order valence-corrected chi connectivity index (χ3v) is 1.59. The van der Waals surface area contributed by atoms with Crippen LogP contribution in [0.5, 0.6) is 0 Å². The minimum atomic E-state index is 0.0599. The molecular formula is C9H15N3O2. The van der Waals surface area contributed by atoms with Crippen molar-refractivity contribution in [2.45, 2.75) is 6.92 Å². The molecule has 1 rings (SSSR count). The summed E-state index contributed by atoms with van der Waals surface area (Å²) < 4.78 is 5.07. The predicted molar refractivity (Wildman–Crippen MR) is 53.2 cm³/mol. The molecule has 0 aliphatic carbocycles. The standard InChI is InChI=1S/C9H15N3O2/c1-8-2-3-9(12-11-8)10-4-6-14-7-5-13/h2-3,13H,4-7H2,1H3,(H,10,12). The Hall–Kier alpha value is -1.20. The Morgan fingerprint density at radius 3 is 2.86 bits per heavy atom. The lowest BCUT2D eigenvalue weighted by atomic mass is 10.4. The Morgan fingerprint density at radius 2 is 2.21 bits per heavy atom. The second-order valence-corrected chi connectivity index (χ2v) is 2.82. The van der Waals surface area contributed by atoms with Gasteiger partial charge in [-0.15, -0.1) is 5.10 Å². The molecule has 0 spiro atoms. The molecule has 0 unspecified atom stereocenters. The van der Waals surface area contributed by atoms with Crippen molar-refractivity contribution in [3.8, 4) is 0 Å². The van der Waals surface area contributed by atoms with E-state index >= 15 is 0 Å². The molecule has 1 heterocycles. The molecule has 2 N–H and O–H groups in total. The van der Waals surface area contributed by atoms with Crippen molar-refractivity contribution in [3.05, 3.63) is 17.8 Å². The highest BCUT2D eigenvalue weighted by molar-refractivity contribution is 5.32. The monoisotopic (exact) mass is 197 g/mol. The van der Waals surface area contributed by atoms with E-state index in [0.717, 1.165) is 11.5 Å². The van der Waals surface area contributed by atoms with E-state index in [9.17, 15) is 0 Å². The average molecular weight is 197 g/mol. The van der Waals surface area contributed by atoms with E-state index in [2.05, 4.69) is 15.5 Å². The molecule has 0 amide bonds. The summed E-state index contributed by atoms with van der Waals surface area (Å²) in [5, 5.41) is 19.3. The number of rotatable bonds is 6. The van der Waals surface area contributed by atoms with Crippen LogP contribution in [-0.4, -0.2) is 41.7 Å². The fourth-order valence-corrected chi connectivity index (χ4v) is 0.911. The van der Waals surface area contributed by atoms with E-state index in [4.69, 9.17) is 9.84 Å². The quantitative estimate of drug-likeness (QED) is 0.638. The van der Waals surface area contributed by atoms with Crippen molar-refractivity contribution in [2.75, 3.05) is 31.7 Å². The molecule has 5 nitrogen and oxygen atoms in total. The van der Waals surface area contributed by atoms with Gasteiger partial charge in [-0.25, -0.2) is 0 Å². The molecule has 0 aliphatic rings. The zero-order valence-electron chi connectivity index (χ0n) is 8.23. The van der Waals surface area contributed by atoms with Gasteiger partial charge in [-0.1, -0.05) is 0 Å². The number of hydrogen-bond donors (Lipinski definition) is 2. The van der Waals surface area contributed by atoms with E-state index in [1.807, 2.05) is 19.1 Å². The minimum Gasteiger partial charge on any atom is -0.394 e. The van der Waals surface area contributed by atoms with Crippen LogP contribution in [0, 0.1) is 6.92 Å². The lowest BCUT2D eigenvalue weighted by Crippen LogP contribution is -2.12. The van der Waals surface area contributed by atoms with Crippen molar-refractivity contribution in [3.63, 3.8) is 0 Å². The van der Waals surface area contributed by atoms with E-state index in [1.54, 1.807) is 0 Å². The van der Waals surface area contributed by atoms with Crippen LogP contribution >= 0.6 is 0 Å². The Kier molecular flexibility index (Phi) is 4.88. The van der Waals surface area contributed by atoms with E-state index in [0.29, 0.717) is 19.8 Å². The van der Waals surface area contributed by atoms with Crippen LogP contribution in [0.3, 0.4) is 0 Å². The van der Waals surface area contributed by atoms with Crippen LogP contribution in [0.4, 0.5) is 5.82 Å². The average Bonchev–Trinajstić information content (AvgIpc) is 2.21. The van der Waals surface area contributed by atoms with Crippen molar-refractivity contribution in [2.24, 2.45) is 0 Å². The highest BCUT2D eigenvalue weighted by atomic mass is 16.5. The third kappa shape index (κ3) is 4.15. The Labute approximate surface area is 83.1 Å². The molecule has 0 aliphatic heterocycles. The maximum absolute atomic E-state index is 8.45. The normalized spacial score (nSPS) is 10.1. The number of aromatic nitrogens is 2. The maximum Gasteiger partial charge on any atom is 0.148 e. The molecule has 0 bridgehead atoms. The Bertz CT molecular complexity index is 251. The lowest BCUT2D eigenvalue weighted by molar-refractivity contribution is 0.0992. The van der Waals surface area contributed by atoms with Gasteiger partial charge < -0.3 is 15.2 Å². The second-order valence-electron chi connectivity index (χ2n) is 2.82. The molecular weight excluding hydrogens is 182 g/mol. The molecule has 1 aromatic heterocycles. The summed E-state index contributed by atoms with van der Waals surface area (Å²) >= 11 is 0. The van der Waals surface area contributed by atoms with Gasteiger partial charge in [0.25, 0.3) is 0 Å². The second kappa shape index (κ2) is 6.28. The smallest absolute Gasteiger partial charge is 0.148 e. The first kappa shape index (κ1) is 10.9. The minimum absolute atomic E-state index is 0.0599. The lowest BCUT2D eigenvalue weighted by Gasteiger charge is -2.04. The summed E-state index contributed by atoms with van der Waals surface area (Å²) in [6.45, 7) is 3.54. The van der Waals surface area contributed by atoms with Gasteiger partial charge in [-0.2, -0.15) is 5.10 Å². The first-order valence-corrected chi connectivity index (χ1v) is 4.56. The number of ether oxygens (including phenoxy) is 1. The first-order valence-electron chi connectivity index (χ1n) is 4.56. The first-order chi connectivity index (χ1) is 6.83. The fraction of sp³-hybridized carbons (Fsp3) is 0.556. The van der Waals surface area contributed by atoms with Gasteiger partial charge in [-0.3, -0.25) is 0 Å². The van der Waals surface area contributed by atoms with Crippen LogP contribution in [0.1, 0.15) is 5.69 Å². The molecule has 0 saturated carbocycles.